The second-order valence-corrected chi connectivity index (χ2v) is 11.3. The average Bonchev–Trinajstić information content (AvgIpc) is 2.81. The molecular formula is C28H44N4O6. The van der Waals surface area contributed by atoms with Crippen LogP contribution in [0.1, 0.15) is 96.7 Å². The number of carbonyl (C=O) groups is 4. The van der Waals surface area contributed by atoms with Gasteiger partial charge in [0, 0.05) is 24.1 Å². The Morgan fingerprint density at radius 1 is 1.13 bits per heavy atom. The molecule has 0 aromatic heterocycles. The first kappa shape index (κ1) is 30.9. The predicted molar refractivity (Wildman–Crippen MR) is 144 cm³/mol. The van der Waals surface area contributed by atoms with Crippen molar-refractivity contribution in [1.29, 1.82) is 0 Å². The van der Waals surface area contributed by atoms with E-state index in [1.54, 1.807) is 59.7 Å². The summed E-state index contributed by atoms with van der Waals surface area (Å²) in [4.78, 5) is 53.4. The van der Waals surface area contributed by atoms with E-state index in [0.29, 0.717) is 5.56 Å². The Labute approximate surface area is 225 Å². The third kappa shape index (κ3) is 8.92. The number of nitrogens with two attached hydrogens (primary N) is 1. The van der Waals surface area contributed by atoms with Gasteiger partial charge in [-0.2, -0.15) is 0 Å². The molecule has 1 aromatic carbocycles. The third-order valence-corrected chi connectivity index (χ3v) is 6.52. The van der Waals surface area contributed by atoms with Crippen LogP contribution in [0.5, 0.6) is 5.75 Å². The van der Waals surface area contributed by atoms with E-state index in [2.05, 4.69) is 10.6 Å². The highest BCUT2D eigenvalue weighted by molar-refractivity contribution is 5.93. The molecule has 1 aliphatic carbocycles. The fourth-order valence-corrected chi connectivity index (χ4v) is 4.70. The van der Waals surface area contributed by atoms with Crippen LogP contribution in [-0.2, 0) is 19.1 Å². The van der Waals surface area contributed by atoms with Crippen LogP contribution in [0, 0.1) is 6.92 Å². The zero-order chi connectivity index (χ0) is 28.6. The number of para-hydroxylation sites is 1. The number of hydrogen-bond acceptors (Lipinski definition) is 6. The summed E-state index contributed by atoms with van der Waals surface area (Å²) in [7, 11) is 0. The van der Waals surface area contributed by atoms with Crippen LogP contribution >= 0.6 is 0 Å². The number of phenolic OH excluding ortho intramolecular Hbond substituents is 1. The SMILES string of the molecule is Cc1cccc(C(C(=O)NC2CCCCC2)N(C(=O)C(CCC(N)=O)NC(=O)OC(C)(C)C)C(C)C)c1O. The number of carbonyl (C=O) groups excluding carboxylic acids is 4. The van der Waals surface area contributed by atoms with Crippen molar-refractivity contribution in [1.82, 2.24) is 15.5 Å². The normalized spacial score (nSPS) is 15.9. The minimum atomic E-state index is -1.18. The first-order valence-electron chi connectivity index (χ1n) is 13.4. The maximum atomic E-state index is 14.0. The lowest BCUT2D eigenvalue weighted by molar-refractivity contribution is -0.145. The zero-order valence-corrected chi connectivity index (χ0v) is 23.5. The molecule has 0 radical (unpaired) electrons. The summed E-state index contributed by atoms with van der Waals surface area (Å²) in [5, 5.41) is 16.6. The Kier molecular flexibility index (Phi) is 11.0. The summed E-state index contributed by atoms with van der Waals surface area (Å²) in [6.45, 7) is 10.3. The monoisotopic (exact) mass is 532 g/mol. The quantitative estimate of drug-likeness (QED) is 0.362. The molecule has 2 unspecified atom stereocenters. The molecule has 0 saturated heterocycles. The van der Waals surface area contributed by atoms with Gasteiger partial charge in [0.25, 0.3) is 0 Å². The fraction of sp³-hybridized carbons (Fsp3) is 0.643. The zero-order valence-electron chi connectivity index (χ0n) is 23.5. The maximum Gasteiger partial charge on any atom is 0.408 e. The Morgan fingerprint density at radius 2 is 1.76 bits per heavy atom. The maximum absolute atomic E-state index is 14.0. The van der Waals surface area contributed by atoms with Crippen molar-refractivity contribution < 1.29 is 29.0 Å². The highest BCUT2D eigenvalue weighted by Crippen LogP contribution is 2.34. The molecule has 10 nitrogen and oxygen atoms in total. The van der Waals surface area contributed by atoms with Gasteiger partial charge in [-0.25, -0.2) is 4.79 Å². The number of aromatic hydroxyl groups is 1. The van der Waals surface area contributed by atoms with E-state index in [1.165, 1.54) is 4.90 Å². The number of benzene rings is 1. The van der Waals surface area contributed by atoms with Gasteiger partial charge in [-0.05, 0) is 66.4 Å². The van der Waals surface area contributed by atoms with E-state index in [1.807, 2.05) is 0 Å². The number of aryl methyl sites for hydroxylation is 1. The van der Waals surface area contributed by atoms with Crippen molar-refractivity contribution in [2.24, 2.45) is 5.73 Å². The number of nitrogens with zero attached hydrogens (tertiary/aromatic N) is 1. The van der Waals surface area contributed by atoms with Crippen LogP contribution in [0.25, 0.3) is 0 Å². The molecule has 0 heterocycles. The van der Waals surface area contributed by atoms with Crippen LogP contribution in [0.4, 0.5) is 4.79 Å². The van der Waals surface area contributed by atoms with Crippen LogP contribution in [0.2, 0.25) is 0 Å². The molecule has 5 N–H and O–H groups in total. The number of amides is 4. The number of rotatable bonds is 10. The van der Waals surface area contributed by atoms with Gasteiger partial charge < -0.3 is 31.1 Å². The molecule has 1 fully saturated rings. The number of primary amides is 1. The van der Waals surface area contributed by atoms with Gasteiger partial charge in [0.15, 0.2) is 0 Å². The van der Waals surface area contributed by atoms with Gasteiger partial charge in [-0.15, -0.1) is 0 Å². The standard InChI is InChI=1S/C28H44N4O6/c1-17(2)32(26(36)21(15-16-22(29)33)31-27(37)38-28(4,5)6)23(20-14-10-11-18(3)24(20)34)25(35)30-19-12-8-7-9-13-19/h10-11,14,17,19,21,23,34H,7-9,12-13,15-16H2,1-6H3,(H2,29,33)(H,30,35)(H,31,37). The summed E-state index contributed by atoms with van der Waals surface area (Å²) < 4.78 is 5.34. The minimum absolute atomic E-state index is 0.0274. The minimum Gasteiger partial charge on any atom is -0.507 e. The van der Waals surface area contributed by atoms with E-state index in [4.69, 9.17) is 10.5 Å². The van der Waals surface area contributed by atoms with Crippen molar-refractivity contribution in [3.8, 4) is 5.75 Å². The molecule has 2 rings (SSSR count). The Hall–Kier alpha value is -3.30. The lowest BCUT2D eigenvalue weighted by Crippen LogP contribution is -2.56. The summed E-state index contributed by atoms with van der Waals surface area (Å²) in [6.07, 6.45) is 3.75. The Bertz CT molecular complexity index is 998. The number of alkyl carbamates (subject to hydrolysis) is 1. The molecule has 0 aliphatic heterocycles. The summed E-state index contributed by atoms with van der Waals surface area (Å²) in [5.74, 6) is -1.71. The molecular weight excluding hydrogens is 488 g/mol. The topological polar surface area (TPSA) is 151 Å². The van der Waals surface area contributed by atoms with Crippen LogP contribution < -0.4 is 16.4 Å². The number of nitrogens with one attached hydrogen (secondary N) is 2. The number of ether oxygens (including phenoxy) is 1. The van der Waals surface area contributed by atoms with E-state index < -0.39 is 47.5 Å². The van der Waals surface area contributed by atoms with E-state index >= 15 is 0 Å². The van der Waals surface area contributed by atoms with E-state index in [0.717, 1.165) is 32.1 Å². The van der Waals surface area contributed by atoms with Crippen molar-refractivity contribution >= 4 is 23.8 Å². The first-order chi connectivity index (χ1) is 17.7. The lowest BCUT2D eigenvalue weighted by Gasteiger charge is -2.38. The van der Waals surface area contributed by atoms with Crippen LogP contribution in [-0.4, -0.2) is 57.5 Å². The highest BCUT2D eigenvalue weighted by Gasteiger charge is 2.39. The van der Waals surface area contributed by atoms with Gasteiger partial charge in [0.2, 0.25) is 17.7 Å². The fourth-order valence-electron chi connectivity index (χ4n) is 4.70. The van der Waals surface area contributed by atoms with Crippen molar-refractivity contribution in [3.63, 3.8) is 0 Å². The van der Waals surface area contributed by atoms with Gasteiger partial charge in [0.1, 0.15) is 23.4 Å². The lowest BCUT2D eigenvalue weighted by atomic mass is 9.93. The number of phenols is 1. The second-order valence-electron chi connectivity index (χ2n) is 11.3. The molecule has 1 aromatic rings. The second kappa shape index (κ2) is 13.5. The van der Waals surface area contributed by atoms with Crippen molar-refractivity contribution in [2.75, 3.05) is 0 Å². The predicted octanol–water partition coefficient (Wildman–Crippen LogP) is 3.59. The molecule has 4 amide bonds. The molecule has 0 bridgehead atoms. The molecule has 1 aliphatic rings. The summed E-state index contributed by atoms with van der Waals surface area (Å²) in [5.41, 5.74) is 5.38. The Morgan fingerprint density at radius 3 is 2.32 bits per heavy atom. The number of hydrogen-bond donors (Lipinski definition) is 4. The third-order valence-electron chi connectivity index (χ3n) is 6.52. The van der Waals surface area contributed by atoms with Crippen molar-refractivity contribution in [2.45, 2.75) is 116 Å². The molecule has 2 atom stereocenters. The van der Waals surface area contributed by atoms with Gasteiger partial charge in [0.05, 0.1) is 0 Å². The molecule has 212 valence electrons. The molecule has 1 saturated carbocycles. The van der Waals surface area contributed by atoms with E-state index in [-0.39, 0.29) is 30.2 Å². The average molecular weight is 533 g/mol. The Balaban J connectivity index is 2.50. The van der Waals surface area contributed by atoms with Gasteiger partial charge >= 0.3 is 6.09 Å². The first-order valence-corrected chi connectivity index (χ1v) is 13.4. The largest absolute Gasteiger partial charge is 0.507 e. The highest BCUT2D eigenvalue weighted by atomic mass is 16.6. The molecule has 10 heteroatoms. The molecule has 38 heavy (non-hydrogen) atoms. The van der Waals surface area contributed by atoms with Crippen LogP contribution in [0.3, 0.4) is 0 Å². The van der Waals surface area contributed by atoms with E-state index in [9.17, 15) is 24.3 Å². The molecule has 0 spiro atoms. The van der Waals surface area contributed by atoms with Crippen LogP contribution in [0.15, 0.2) is 18.2 Å². The van der Waals surface area contributed by atoms with Crippen molar-refractivity contribution in [3.05, 3.63) is 29.3 Å². The smallest absolute Gasteiger partial charge is 0.408 e. The van der Waals surface area contributed by atoms with Gasteiger partial charge in [-0.1, -0.05) is 37.5 Å². The summed E-state index contributed by atoms with van der Waals surface area (Å²) in [6, 6.07) is 2.18. The summed E-state index contributed by atoms with van der Waals surface area (Å²) >= 11 is 0. The van der Waals surface area contributed by atoms with Gasteiger partial charge in [-0.3, -0.25) is 14.4 Å².